The Morgan fingerprint density at radius 3 is 2.40 bits per heavy atom. The van der Waals surface area contributed by atoms with E-state index in [0.717, 1.165) is 12.0 Å². The van der Waals surface area contributed by atoms with Gasteiger partial charge in [0.05, 0.1) is 0 Å². The van der Waals surface area contributed by atoms with Crippen molar-refractivity contribution in [1.82, 2.24) is 9.97 Å². The number of rotatable bonds is 6. The lowest BCUT2D eigenvalue weighted by Gasteiger charge is -2.09. The Morgan fingerprint density at radius 1 is 0.960 bits per heavy atom. The van der Waals surface area contributed by atoms with Crippen molar-refractivity contribution in [2.24, 2.45) is 0 Å². The fourth-order valence-electron chi connectivity index (χ4n) is 2.26. The summed E-state index contributed by atoms with van der Waals surface area (Å²) in [6.45, 7) is 0.672. The van der Waals surface area contributed by atoms with E-state index >= 15 is 0 Å². The van der Waals surface area contributed by atoms with Crippen LogP contribution in [0.4, 0.5) is 21.8 Å². The van der Waals surface area contributed by atoms with Gasteiger partial charge in [-0.3, -0.25) is 0 Å². The smallest absolute Gasteiger partial charge is 0.229 e. The van der Waals surface area contributed by atoms with Gasteiger partial charge in [0.1, 0.15) is 11.6 Å². The maximum absolute atomic E-state index is 12.9. The number of nitrogens with zero attached hydrogens (tertiary/aromatic N) is 2. The van der Waals surface area contributed by atoms with E-state index < -0.39 is 0 Å². The first-order valence-corrected chi connectivity index (χ1v) is 8.38. The molecule has 0 aliphatic heterocycles. The topological polar surface area (TPSA) is 49.8 Å². The zero-order valence-corrected chi connectivity index (χ0v) is 14.7. The van der Waals surface area contributed by atoms with Gasteiger partial charge in [0.2, 0.25) is 5.95 Å². The zero-order chi connectivity index (χ0) is 17.6. The number of hydrogen-bond acceptors (Lipinski definition) is 4. The molecule has 3 aromatic rings. The van der Waals surface area contributed by atoms with Crippen LogP contribution in [0.2, 0.25) is 10.0 Å². The SMILES string of the molecule is Fc1ccc(CCNc2ccnc(Nc3cc(Cl)cc(Cl)c3)n2)cc1. The summed E-state index contributed by atoms with van der Waals surface area (Å²) in [5.74, 6) is 0.891. The molecule has 4 nitrogen and oxygen atoms in total. The number of benzene rings is 2. The molecule has 7 heteroatoms. The number of halogens is 3. The van der Waals surface area contributed by atoms with Crippen LogP contribution < -0.4 is 10.6 Å². The molecule has 0 fully saturated rings. The molecule has 0 atom stereocenters. The highest BCUT2D eigenvalue weighted by Gasteiger charge is 2.03. The largest absolute Gasteiger partial charge is 0.370 e. The van der Waals surface area contributed by atoms with Crippen molar-refractivity contribution in [3.05, 3.63) is 76.2 Å². The van der Waals surface area contributed by atoms with Gasteiger partial charge in [0, 0.05) is 28.5 Å². The summed E-state index contributed by atoms with van der Waals surface area (Å²) in [6.07, 6.45) is 2.42. The van der Waals surface area contributed by atoms with E-state index in [-0.39, 0.29) is 5.82 Å². The van der Waals surface area contributed by atoms with Crippen molar-refractivity contribution >= 4 is 40.7 Å². The second kappa shape index (κ2) is 8.14. The number of aromatic nitrogens is 2. The van der Waals surface area contributed by atoms with Gasteiger partial charge in [-0.2, -0.15) is 4.98 Å². The Kier molecular flexibility index (Phi) is 5.68. The summed E-state index contributed by atoms with van der Waals surface area (Å²) >= 11 is 12.0. The molecule has 1 heterocycles. The highest BCUT2D eigenvalue weighted by atomic mass is 35.5. The maximum atomic E-state index is 12.9. The molecule has 0 amide bonds. The first kappa shape index (κ1) is 17.5. The molecule has 2 aromatic carbocycles. The molecule has 0 aliphatic rings. The summed E-state index contributed by atoms with van der Waals surface area (Å²) < 4.78 is 12.9. The van der Waals surface area contributed by atoms with E-state index in [2.05, 4.69) is 20.6 Å². The fraction of sp³-hybridized carbons (Fsp3) is 0.111. The number of nitrogens with one attached hydrogen (secondary N) is 2. The zero-order valence-electron chi connectivity index (χ0n) is 13.1. The van der Waals surface area contributed by atoms with Gasteiger partial charge in [-0.05, 0) is 48.4 Å². The maximum Gasteiger partial charge on any atom is 0.229 e. The molecule has 0 saturated heterocycles. The fourth-order valence-corrected chi connectivity index (χ4v) is 2.78. The Morgan fingerprint density at radius 2 is 1.68 bits per heavy atom. The third-order valence-electron chi connectivity index (χ3n) is 3.41. The first-order valence-electron chi connectivity index (χ1n) is 7.63. The van der Waals surface area contributed by atoms with Crippen LogP contribution in [-0.2, 0) is 6.42 Å². The van der Waals surface area contributed by atoms with Crippen LogP contribution in [0, 0.1) is 5.82 Å². The van der Waals surface area contributed by atoms with E-state index in [1.807, 2.05) is 0 Å². The summed E-state index contributed by atoms with van der Waals surface area (Å²) in [6, 6.07) is 13.4. The molecule has 2 N–H and O–H groups in total. The number of hydrogen-bond donors (Lipinski definition) is 2. The minimum atomic E-state index is -0.232. The average Bonchev–Trinajstić information content (AvgIpc) is 2.56. The Labute approximate surface area is 155 Å². The summed E-state index contributed by atoms with van der Waals surface area (Å²) in [7, 11) is 0. The molecule has 1 aromatic heterocycles. The van der Waals surface area contributed by atoms with Crippen LogP contribution in [0.3, 0.4) is 0 Å². The lowest BCUT2D eigenvalue weighted by molar-refractivity contribution is 0.627. The molecule has 0 aliphatic carbocycles. The molecule has 0 radical (unpaired) electrons. The van der Waals surface area contributed by atoms with Crippen molar-refractivity contribution in [3.8, 4) is 0 Å². The van der Waals surface area contributed by atoms with Crippen LogP contribution in [0.25, 0.3) is 0 Å². The average molecular weight is 377 g/mol. The monoisotopic (exact) mass is 376 g/mol. The van der Waals surface area contributed by atoms with Gasteiger partial charge in [0.15, 0.2) is 0 Å². The van der Waals surface area contributed by atoms with Gasteiger partial charge in [0.25, 0.3) is 0 Å². The molecular weight excluding hydrogens is 362 g/mol. The molecule has 25 heavy (non-hydrogen) atoms. The molecule has 128 valence electrons. The predicted octanol–water partition coefficient (Wildman–Crippen LogP) is 5.32. The van der Waals surface area contributed by atoms with E-state index in [1.54, 1.807) is 42.6 Å². The lowest BCUT2D eigenvalue weighted by atomic mass is 10.1. The van der Waals surface area contributed by atoms with Crippen LogP contribution in [0.5, 0.6) is 0 Å². The minimum absolute atomic E-state index is 0.232. The molecular formula is C18H15Cl2FN4. The molecule has 0 bridgehead atoms. The third kappa shape index (κ3) is 5.31. The predicted molar refractivity (Wildman–Crippen MR) is 100 cm³/mol. The molecule has 0 unspecified atom stereocenters. The number of anilines is 3. The molecule has 0 spiro atoms. The van der Waals surface area contributed by atoms with Crippen molar-refractivity contribution in [1.29, 1.82) is 0 Å². The van der Waals surface area contributed by atoms with Crippen molar-refractivity contribution in [2.45, 2.75) is 6.42 Å². The van der Waals surface area contributed by atoms with Crippen LogP contribution >= 0.6 is 23.2 Å². The highest BCUT2D eigenvalue weighted by Crippen LogP contribution is 2.24. The van der Waals surface area contributed by atoms with Gasteiger partial charge in [-0.1, -0.05) is 35.3 Å². The Bertz CT molecular complexity index is 836. The lowest BCUT2D eigenvalue weighted by Crippen LogP contribution is -2.07. The Balaban J connectivity index is 1.60. The van der Waals surface area contributed by atoms with Crippen molar-refractivity contribution in [2.75, 3.05) is 17.2 Å². The second-order valence-electron chi connectivity index (χ2n) is 5.35. The highest BCUT2D eigenvalue weighted by molar-refractivity contribution is 6.35. The van der Waals surface area contributed by atoms with Gasteiger partial charge >= 0.3 is 0 Å². The summed E-state index contributed by atoms with van der Waals surface area (Å²) in [4.78, 5) is 8.57. The van der Waals surface area contributed by atoms with Crippen molar-refractivity contribution in [3.63, 3.8) is 0 Å². The third-order valence-corrected chi connectivity index (χ3v) is 3.84. The summed E-state index contributed by atoms with van der Waals surface area (Å²) in [5, 5.41) is 7.35. The quantitative estimate of drug-likeness (QED) is 0.610. The van der Waals surface area contributed by atoms with E-state index in [4.69, 9.17) is 23.2 Å². The summed E-state index contributed by atoms with van der Waals surface area (Å²) in [5.41, 5.74) is 1.76. The second-order valence-corrected chi connectivity index (χ2v) is 6.22. The Hall–Kier alpha value is -2.37. The van der Waals surface area contributed by atoms with E-state index in [1.165, 1.54) is 12.1 Å². The first-order chi connectivity index (χ1) is 12.1. The van der Waals surface area contributed by atoms with E-state index in [0.29, 0.717) is 34.0 Å². The van der Waals surface area contributed by atoms with Gasteiger partial charge < -0.3 is 10.6 Å². The molecule has 0 saturated carbocycles. The van der Waals surface area contributed by atoms with Crippen LogP contribution in [0.15, 0.2) is 54.7 Å². The van der Waals surface area contributed by atoms with Gasteiger partial charge in [-0.15, -0.1) is 0 Å². The normalized spacial score (nSPS) is 10.5. The minimum Gasteiger partial charge on any atom is -0.370 e. The van der Waals surface area contributed by atoms with Gasteiger partial charge in [-0.25, -0.2) is 9.37 Å². The van der Waals surface area contributed by atoms with E-state index in [9.17, 15) is 4.39 Å². The van der Waals surface area contributed by atoms with Crippen LogP contribution in [-0.4, -0.2) is 16.5 Å². The standard InChI is InChI=1S/C18H15Cl2FN4/c19-13-9-14(20)11-16(10-13)24-18-23-8-6-17(25-18)22-7-5-12-1-3-15(21)4-2-12/h1-4,6,8-11H,5,7H2,(H2,22,23,24,25). The molecule has 3 rings (SSSR count). The van der Waals surface area contributed by atoms with Crippen LogP contribution in [0.1, 0.15) is 5.56 Å². The van der Waals surface area contributed by atoms with Crippen molar-refractivity contribution < 1.29 is 4.39 Å².